The second-order valence-corrected chi connectivity index (χ2v) is 5.18. The molecule has 2 heterocycles. The van der Waals surface area contributed by atoms with Gasteiger partial charge in [0.2, 0.25) is 5.51 Å². The summed E-state index contributed by atoms with van der Waals surface area (Å²) in [7, 11) is 0. The molecule has 0 aromatic carbocycles. The van der Waals surface area contributed by atoms with Crippen LogP contribution in [-0.2, 0) is 17.8 Å². The van der Waals surface area contributed by atoms with Crippen LogP contribution in [0.25, 0.3) is 0 Å². The Morgan fingerprint density at radius 3 is 2.94 bits per heavy atom. The highest BCUT2D eigenvalue weighted by Crippen LogP contribution is 2.13. The maximum atomic E-state index is 11.7. The van der Waals surface area contributed by atoms with Crippen molar-refractivity contribution in [3.8, 4) is 0 Å². The van der Waals surface area contributed by atoms with Gasteiger partial charge in [0, 0.05) is 26.2 Å². The molecule has 1 aromatic heterocycles. The molecular formula is C12H16N3O2S+. The van der Waals surface area contributed by atoms with Gasteiger partial charge in [-0.2, -0.15) is 9.56 Å². The number of aliphatic hydroxyl groups excluding tert-OH is 1. The summed E-state index contributed by atoms with van der Waals surface area (Å²) in [5, 5.41) is 8.95. The minimum Gasteiger partial charge on any atom is -0.396 e. The zero-order valence-electron chi connectivity index (χ0n) is 10.5. The molecule has 18 heavy (non-hydrogen) atoms. The molecule has 1 amide bonds. The van der Waals surface area contributed by atoms with Crippen molar-refractivity contribution < 1.29 is 14.5 Å². The molecule has 0 saturated heterocycles. The fourth-order valence-corrected chi connectivity index (χ4v) is 2.84. The molecule has 1 N–H and O–H groups in total. The molecule has 1 aliphatic heterocycles. The van der Waals surface area contributed by atoms with Crippen LogP contribution in [0.4, 0.5) is 0 Å². The number of amidine groups is 1. The third-order valence-corrected chi connectivity index (χ3v) is 4.06. The summed E-state index contributed by atoms with van der Waals surface area (Å²) < 4.78 is 2.03. The molecule has 0 spiro atoms. The van der Waals surface area contributed by atoms with E-state index in [1.807, 2.05) is 17.0 Å². The van der Waals surface area contributed by atoms with Crippen LogP contribution in [0.15, 0.2) is 15.5 Å². The predicted molar refractivity (Wildman–Crippen MR) is 70.1 cm³/mol. The Bertz CT molecular complexity index is 519. The Labute approximate surface area is 110 Å². The number of carbonyl (C=O) groups excluding carboxylic acids is 1. The van der Waals surface area contributed by atoms with Crippen molar-refractivity contribution in [1.82, 2.24) is 0 Å². The van der Waals surface area contributed by atoms with Gasteiger partial charge < -0.3 is 5.11 Å². The van der Waals surface area contributed by atoms with Crippen molar-refractivity contribution >= 4 is 29.3 Å². The molecule has 1 aromatic rings. The van der Waals surface area contributed by atoms with E-state index in [4.69, 9.17) is 5.11 Å². The van der Waals surface area contributed by atoms with Crippen LogP contribution in [0.3, 0.4) is 0 Å². The number of hydrogen-bond acceptors (Lipinski definition) is 4. The van der Waals surface area contributed by atoms with Crippen LogP contribution >= 0.6 is 11.3 Å². The van der Waals surface area contributed by atoms with Gasteiger partial charge in [0.15, 0.2) is 12.2 Å². The van der Waals surface area contributed by atoms with E-state index < -0.39 is 0 Å². The molecule has 2 rings (SSSR count). The van der Waals surface area contributed by atoms with Crippen LogP contribution in [0.5, 0.6) is 0 Å². The van der Waals surface area contributed by atoms with Crippen LogP contribution in [-0.4, -0.2) is 29.7 Å². The second kappa shape index (κ2) is 5.49. The molecule has 6 heteroatoms. The number of thiazole rings is 1. The lowest BCUT2D eigenvalue weighted by Gasteiger charge is -2.08. The number of hydrogen-bond donors (Lipinski definition) is 1. The lowest BCUT2D eigenvalue weighted by molar-refractivity contribution is -0.700. The first-order chi connectivity index (χ1) is 8.61. The van der Waals surface area contributed by atoms with Crippen LogP contribution < -0.4 is 4.57 Å². The Morgan fingerprint density at radius 1 is 1.50 bits per heavy atom. The smallest absolute Gasteiger partial charge is 0.262 e. The minimum atomic E-state index is -0.283. The first-order valence-electron chi connectivity index (χ1n) is 5.82. The average Bonchev–Trinajstić information content (AvgIpc) is 2.66. The van der Waals surface area contributed by atoms with Gasteiger partial charge in [-0.15, -0.1) is 0 Å². The zero-order chi connectivity index (χ0) is 13.1. The van der Waals surface area contributed by atoms with E-state index in [2.05, 4.69) is 9.98 Å². The van der Waals surface area contributed by atoms with Gasteiger partial charge >= 0.3 is 0 Å². The summed E-state index contributed by atoms with van der Waals surface area (Å²) in [5.74, 6) is 0.0996. The summed E-state index contributed by atoms with van der Waals surface area (Å²) >= 11 is 1.60. The van der Waals surface area contributed by atoms with Crippen molar-refractivity contribution in [3.05, 3.63) is 16.1 Å². The van der Waals surface area contributed by atoms with Crippen molar-refractivity contribution in [2.75, 3.05) is 6.61 Å². The highest BCUT2D eigenvalue weighted by molar-refractivity contribution is 7.09. The van der Waals surface area contributed by atoms with Gasteiger partial charge in [0.05, 0.1) is 4.88 Å². The van der Waals surface area contributed by atoms with Crippen molar-refractivity contribution in [2.24, 2.45) is 15.9 Å². The molecule has 96 valence electrons. The molecule has 0 radical (unpaired) electrons. The molecule has 0 aliphatic carbocycles. The van der Waals surface area contributed by atoms with Gasteiger partial charge in [0.25, 0.3) is 5.91 Å². The number of aliphatic hydroxyl groups is 1. The van der Waals surface area contributed by atoms with E-state index in [-0.39, 0.29) is 18.4 Å². The van der Waals surface area contributed by atoms with Crippen molar-refractivity contribution in [3.63, 3.8) is 0 Å². The summed E-state index contributed by atoms with van der Waals surface area (Å²) in [6.45, 7) is 4.43. The van der Waals surface area contributed by atoms with Crippen molar-refractivity contribution in [1.29, 1.82) is 0 Å². The molecule has 0 bridgehead atoms. The number of nitrogens with zero attached hydrogens (tertiary/aromatic N) is 3. The van der Waals surface area contributed by atoms with E-state index in [0.717, 1.165) is 10.6 Å². The van der Waals surface area contributed by atoms with Crippen molar-refractivity contribution in [2.45, 2.75) is 26.8 Å². The predicted octanol–water partition coefficient (Wildman–Crippen LogP) is 0.524. The van der Waals surface area contributed by atoms with Gasteiger partial charge in [-0.3, -0.25) is 4.79 Å². The van der Waals surface area contributed by atoms with Gasteiger partial charge in [-0.05, 0) is 6.92 Å². The Balaban J connectivity index is 2.11. The molecule has 5 nitrogen and oxygen atoms in total. The Morgan fingerprint density at radius 2 is 2.28 bits per heavy atom. The Kier molecular flexibility index (Phi) is 3.98. The van der Waals surface area contributed by atoms with Crippen LogP contribution in [0.2, 0.25) is 0 Å². The normalized spacial score (nSPS) is 19.2. The topological polar surface area (TPSA) is 65.9 Å². The van der Waals surface area contributed by atoms with E-state index in [9.17, 15) is 4.79 Å². The quantitative estimate of drug-likeness (QED) is 0.808. The first-order valence-corrected chi connectivity index (χ1v) is 6.70. The van der Waals surface area contributed by atoms with E-state index in [0.29, 0.717) is 18.8 Å². The third kappa shape index (κ3) is 2.70. The van der Waals surface area contributed by atoms with Crippen LogP contribution in [0.1, 0.15) is 17.5 Å². The number of aromatic nitrogens is 1. The standard InChI is InChI=1S/C12H16N3O2S/c1-8-11(3-4-16)18-7-15(8)6-10-5-13-9(2)14-12(10)17/h5,7,10,16H,3-4,6H2,1-2H3/q+1. The molecule has 1 aliphatic rings. The fraction of sp³-hybridized carbons (Fsp3) is 0.500. The fourth-order valence-electron chi connectivity index (χ4n) is 1.84. The minimum absolute atomic E-state index is 0.135. The van der Waals surface area contributed by atoms with Gasteiger partial charge in [-0.25, -0.2) is 4.99 Å². The third-order valence-electron chi connectivity index (χ3n) is 2.92. The highest BCUT2D eigenvalue weighted by atomic mass is 32.1. The number of rotatable bonds is 4. The van der Waals surface area contributed by atoms with Crippen LogP contribution in [0, 0.1) is 12.8 Å². The van der Waals surface area contributed by atoms with Gasteiger partial charge in [-0.1, -0.05) is 11.3 Å². The monoisotopic (exact) mass is 266 g/mol. The Hall–Kier alpha value is -1.40. The summed E-state index contributed by atoms with van der Waals surface area (Å²) in [4.78, 5) is 20.8. The van der Waals surface area contributed by atoms with Gasteiger partial charge in [0.1, 0.15) is 11.8 Å². The maximum Gasteiger partial charge on any atom is 0.262 e. The molecular weight excluding hydrogens is 250 g/mol. The number of carbonyl (C=O) groups is 1. The lowest BCUT2D eigenvalue weighted by Crippen LogP contribution is -2.42. The molecule has 0 fully saturated rings. The summed E-state index contributed by atoms with van der Waals surface area (Å²) in [6, 6.07) is 0. The number of amides is 1. The second-order valence-electron chi connectivity index (χ2n) is 4.24. The first kappa shape index (κ1) is 13.0. The van der Waals surface area contributed by atoms with E-state index in [1.54, 1.807) is 24.5 Å². The molecule has 1 unspecified atom stereocenters. The lowest BCUT2D eigenvalue weighted by atomic mass is 10.1. The summed E-state index contributed by atoms with van der Waals surface area (Å²) in [6.07, 6.45) is 2.33. The van der Waals surface area contributed by atoms with E-state index in [1.165, 1.54) is 0 Å². The summed E-state index contributed by atoms with van der Waals surface area (Å²) in [5.41, 5.74) is 3.08. The number of aliphatic imine (C=N–C) groups is 2. The largest absolute Gasteiger partial charge is 0.396 e. The zero-order valence-corrected chi connectivity index (χ0v) is 11.3. The molecule has 1 atom stereocenters. The average molecular weight is 266 g/mol. The maximum absolute atomic E-state index is 11.7. The molecule has 0 saturated carbocycles. The van der Waals surface area contributed by atoms with E-state index >= 15 is 0 Å². The highest BCUT2D eigenvalue weighted by Gasteiger charge is 2.26. The SMILES string of the molecule is CC1=NC(=O)C(C[n+]2csc(CCO)c2C)C=N1.